The number of rotatable bonds is 4. The highest BCUT2D eigenvalue weighted by Gasteiger charge is 2.65. The molecule has 0 saturated heterocycles. The van der Waals surface area contributed by atoms with Crippen LogP contribution in [0.3, 0.4) is 0 Å². The van der Waals surface area contributed by atoms with Crippen molar-refractivity contribution in [2.75, 3.05) is 0 Å². The molecule has 13 heteroatoms. The molecule has 0 radical (unpaired) electrons. The Bertz CT molecular complexity index is 228. The minimum absolute atomic E-state index is 0.0244. The summed E-state index contributed by atoms with van der Waals surface area (Å²) < 4.78 is -1.49. The van der Waals surface area contributed by atoms with Crippen molar-refractivity contribution in [1.29, 1.82) is 0 Å². The topological polar surface area (TPSA) is 0 Å². The summed E-state index contributed by atoms with van der Waals surface area (Å²) in [5.41, 5.74) is -0.0244. The average molecular weight is 509 g/mol. The molecule has 0 aliphatic rings. The molecule has 92 valence electrons. The van der Waals surface area contributed by atoms with E-state index in [-0.39, 0.29) is 5.67 Å². The van der Waals surface area contributed by atoms with Crippen LogP contribution in [0.15, 0.2) is 0 Å². The summed E-state index contributed by atoms with van der Waals surface area (Å²) in [6, 6.07) is -6.41. The number of hydrogen-bond acceptors (Lipinski definition) is 0. The lowest BCUT2D eigenvalue weighted by molar-refractivity contribution is 1.64. The molecule has 0 saturated carbocycles. The molecule has 0 aromatic rings. The summed E-state index contributed by atoms with van der Waals surface area (Å²) in [5.74, 6) is 0. The van der Waals surface area contributed by atoms with Crippen LogP contribution in [0.1, 0.15) is 0 Å². The van der Waals surface area contributed by atoms with Crippen LogP contribution in [0.2, 0.25) is 5.67 Å². The SMILES string of the molecule is ClC(Br)([Si](Cl)(Cl)Cl)[Si](Cl)(Cl)C[Si](Cl)(Cl)Cl. The summed E-state index contributed by atoms with van der Waals surface area (Å²) in [4.78, 5) is 0. The van der Waals surface area contributed by atoms with E-state index in [2.05, 4.69) is 15.9 Å². The first-order valence-corrected chi connectivity index (χ1v) is 18.8. The van der Waals surface area contributed by atoms with Gasteiger partial charge >= 0.3 is 12.0 Å². The molecular formula is C2H2BrCl9Si3. The Balaban J connectivity index is 5.03. The molecule has 0 aromatic carbocycles. The Kier molecular flexibility index (Phi) is 7.52. The fourth-order valence-corrected chi connectivity index (χ4v) is 30.0. The first-order valence-electron chi connectivity index (χ1n) is 3.10. The molecule has 0 fully saturated rings. The maximum Gasteiger partial charge on any atom is 0.371 e. The average Bonchev–Trinajstić information content (AvgIpc) is 1.77. The zero-order chi connectivity index (χ0) is 12.7. The predicted octanol–water partition coefficient (Wildman–Crippen LogP) is 6.16. The van der Waals surface area contributed by atoms with Crippen LogP contribution in [-0.4, -0.2) is 21.7 Å². The summed E-state index contributed by atoms with van der Waals surface area (Å²) in [7, 11) is 0. The Morgan fingerprint density at radius 1 is 0.867 bits per heavy atom. The van der Waals surface area contributed by atoms with Crippen molar-refractivity contribution >= 4 is 135 Å². The van der Waals surface area contributed by atoms with Crippen LogP contribution in [-0.2, 0) is 0 Å². The molecule has 0 aliphatic heterocycles. The molecule has 0 rings (SSSR count). The van der Waals surface area contributed by atoms with Crippen molar-refractivity contribution in [3.63, 3.8) is 0 Å². The molecular weight excluding hydrogens is 507 g/mol. The molecule has 0 aromatic heterocycles. The molecule has 0 nitrogen and oxygen atoms in total. The van der Waals surface area contributed by atoms with Crippen molar-refractivity contribution in [2.45, 2.75) is 8.70 Å². The van der Waals surface area contributed by atoms with Gasteiger partial charge in [0.25, 0.3) is 6.69 Å². The standard InChI is InChI=1S/C2H2BrCl9Si3/c3-2(4,15(10,11)12)13(5,6)1-14(7,8)9/h1H2. The van der Waals surface area contributed by atoms with Gasteiger partial charge in [0.15, 0.2) is 3.03 Å². The number of alkyl halides is 2. The fraction of sp³-hybridized carbons (Fsp3) is 1.00. The van der Waals surface area contributed by atoms with E-state index < -0.39 is 21.7 Å². The number of halogens is 10. The molecule has 0 aliphatic carbocycles. The van der Waals surface area contributed by atoms with Crippen LogP contribution in [0.4, 0.5) is 0 Å². The Hall–Kier alpha value is 3.74. The van der Waals surface area contributed by atoms with Crippen LogP contribution in [0.5, 0.6) is 0 Å². The fourth-order valence-electron chi connectivity index (χ4n) is 0.570. The van der Waals surface area contributed by atoms with Gasteiger partial charge in [-0.25, -0.2) is 0 Å². The van der Waals surface area contributed by atoms with Gasteiger partial charge in [-0.1, -0.05) is 15.9 Å². The Morgan fingerprint density at radius 2 is 1.20 bits per heavy atom. The molecule has 1 atom stereocenters. The lowest BCUT2D eigenvalue weighted by Crippen LogP contribution is -2.55. The van der Waals surface area contributed by atoms with E-state index in [9.17, 15) is 0 Å². The third-order valence-electron chi connectivity index (χ3n) is 1.24. The van der Waals surface area contributed by atoms with Gasteiger partial charge in [-0.05, 0) is 0 Å². The van der Waals surface area contributed by atoms with E-state index in [0.717, 1.165) is 0 Å². The minimum Gasteiger partial charge on any atom is -0.143 e. The molecule has 0 bridgehead atoms. The molecule has 0 amide bonds. The van der Waals surface area contributed by atoms with Crippen molar-refractivity contribution < 1.29 is 0 Å². The van der Waals surface area contributed by atoms with Gasteiger partial charge in [-0.15, -0.1) is 100 Å². The van der Waals surface area contributed by atoms with Crippen LogP contribution < -0.4 is 0 Å². The third-order valence-corrected chi connectivity index (χ3v) is 31.8. The highest BCUT2D eigenvalue weighted by atomic mass is 79.9. The van der Waals surface area contributed by atoms with Gasteiger partial charge in [-0.3, -0.25) is 0 Å². The summed E-state index contributed by atoms with van der Waals surface area (Å²) >= 11 is 55.8. The smallest absolute Gasteiger partial charge is 0.143 e. The van der Waals surface area contributed by atoms with E-state index >= 15 is 0 Å². The van der Waals surface area contributed by atoms with Crippen LogP contribution >= 0.6 is 116 Å². The summed E-state index contributed by atoms with van der Waals surface area (Å²) in [6.07, 6.45) is 0. The second kappa shape index (κ2) is 6.02. The van der Waals surface area contributed by atoms with E-state index in [4.69, 9.17) is 100 Å². The number of hydrogen-bond donors (Lipinski definition) is 0. The molecule has 0 spiro atoms. The summed E-state index contributed by atoms with van der Waals surface area (Å²) in [5, 5.41) is 0. The normalized spacial score (nSPS) is 18.8. The first kappa shape index (κ1) is 18.7. The second-order valence-electron chi connectivity index (χ2n) is 2.57. The van der Waals surface area contributed by atoms with Crippen molar-refractivity contribution in [3.8, 4) is 0 Å². The molecule has 1 unspecified atom stereocenters. The molecule has 0 N–H and O–H groups in total. The first-order chi connectivity index (χ1) is 6.21. The third kappa shape index (κ3) is 5.71. The van der Waals surface area contributed by atoms with Gasteiger partial charge in [-0.2, -0.15) is 0 Å². The van der Waals surface area contributed by atoms with Gasteiger partial charge in [0, 0.05) is 5.67 Å². The largest absolute Gasteiger partial charge is 0.371 e. The quantitative estimate of drug-likeness (QED) is 0.242. The van der Waals surface area contributed by atoms with Crippen molar-refractivity contribution in [2.24, 2.45) is 0 Å². The zero-order valence-electron chi connectivity index (χ0n) is 6.49. The van der Waals surface area contributed by atoms with Crippen LogP contribution in [0.25, 0.3) is 0 Å². The van der Waals surface area contributed by atoms with E-state index in [1.807, 2.05) is 0 Å². The van der Waals surface area contributed by atoms with Crippen molar-refractivity contribution in [1.82, 2.24) is 0 Å². The molecule has 0 heterocycles. The van der Waals surface area contributed by atoms with Gasteiger partial charge in [0.1, 0.15) is 0 Å². The van der Waals surface area contributed by atoms with E-state index in [1.54, 1.807) is 0 Å². The highest BCUT2D eigenvalue weighted by Crippen LogP contribution is 2.55. The van der Waals surface area contributed by atoms with Gasteiger partial charge in [0.05, 0.1) is 0 Å². The molecule has 15 heavy (non-hydrogen) atoms. The Morgan fingerprint density at radius 3 is 1.40 bits per heavy atom. The maximum atomic E-state index is 6.09. The second-order valence-corrected chi connectivity index (χ2v) is 32.8. The lowest BCUT2D eigenvalue weighted by atomic mass is 11.8. The highest BCUT2D eigenvalue weighted by molar-refractivity contribution is 9.12. The lowest BCUT2D eigenvalue weighted by Gasteiger charge is -2.35. The Labute approximate surface area is 141 Å². The predicted molar refractivity (Wildman–Crippen MR) is 86.4 cm³/mol. The summed E-state index contributed by atoms with van der Waals surface area (Å²) in [6.45, 7) is -3.24. The van der Waals surface area contributed by atoms with E-state index in [1.165, 1.54) is 0 Å². The minimum atomic E-state index is -3.38. The zero-order valence-corrected chi connectivity index (χ0v) is 17.9. The van der Waals surface area contributed by atoms with Crippen LogP contribution in [0, 0.1) is 0 Å². The van der Waals surface area contributed by atoms with E-state index in [0.29, 0.717) is 0 Å². The van der Waals surface area contributed by atoms with Gasteiger partial charge in [0.2, 0.25) is 0 Å². The van der Waals surface area contributed by atoms with Gasteiger partial charge < -0.3 is 0 Å². The maximum absolute atomic E-state index is 6.09. The van der Waals surface area contributed by atoms with Crippen molar-refractivity contribution in [3.05, 3.63) is 0 Å². The monoisotopic (exact) mass is 504 g/mol.